The van der Waals surface area contributed by atoms with Crippen molar-refractivity contribution in [1.82, 2.24) is 0 Å². The monoisotopic (exact) mass is 327 g/mol. The van der Waals surface area contributed by atoms with Crippen LogP contribution in [0.4, 0.5) is 5.69 Å². The van der Waals surface area contributed by atoms with Crippen LogP contribution in [0.2, 0.25) is 0 Å². The molecule has 0 spiro atoms. The second-order valence-electron chi connectivity index (χ2n) is 6.18. The summed E-state index contributed by atoms with van der Waals surface area (Å²) in [4.78, 5) is 26.7. The maximum Gasteiger partial charge on any atom is 0.299 e. The lowest BCUT2D eigenvalue weighted by Crippen LogP contribution is -2.29. The van der Waals surface area contributed by atoms with Gasteiger partial charge < -0.3 is 4.90 Å². The first-order chi connectivity index (χ1) is 12.2. The van der Waals surface area contributed by atoms with E-state index < -0.39 is 11.7 Å². The van der Waals surface area contributed by atoms with Crippen LogP contribution in [0.5, 0.6) is 0 Å². The van der Waals surface area contributed by atoms with Gasteiger partial charge in [0.05, 0.1) is 17.8 Å². The molecule has 1 aliphatic heterocycles. The standard InChI is InChI=1S/C22H17NO2/c24-21-20-18(14-16-8-3-1-4-9-16)12-7-13-19(20)23(22(21)25)15-17-10-5-2-6-11-17/h1-13H,14-15H2. The largest absolute Gasteiger partial charge is 0.300 e. The molecule has 122 valence electrons. The number of benzene rings is 3. The van der Waals surface area contributed by atoms with Crippen molar-refractivity contribution in [2.24, 2.45) is 0 Å². The van der Waals surface area contributed by atoms with Gasteiger partial charge in [-0.05, 0) is 29.2 Å². The van der Waals surface area contributed by atoms with E-state index in [0.717, 1.165) is 16.7 Å². The Bertz CT molecular complexity index is 933. The zero-order valence-electron chi connectivity index (χ0n) is 13.7. The van der Waals surface area contributed by atoms with Gasteiger partial charge in [-0.1, -0.05) is 72.8 Å². The fourth-order valence-electron chi connectivity index (χ4n) is 3.30. The highest BCUT2D eigenvalue weighted by atomic mass is 16.2. The molecule has 25 heavy (non-hydrogen) atoms. The molecule has 0 bridgehead atoms. The number of nitrogens with zero attached hydrogens (tertiary/aromatic N) is 1. The van der Waals surface area contributed by atoms with E-state index in [2.05, 4.69) is 0 Å². The SMILES string of the molecule is O=C1C(=O)N(Cc2ccccc2)c2cccc(Cc3ccccc3)c21. The van der Waals surface area contributed by atoms with Gasteiger partial charge in [0, 0.05) is 0 Å². The lowest BCUT2D eigenvalue weighted by molar-refractivity contribution is -0.114. The fourth-order valence-corrected chi connectivity index (χ4v) is 3.30. The van der Waals surface area contributed by atoms with Gasteiger partial charge >= 0.3 is 0 Å². The van der Waals surface area contributed by atoms with Crippen LogP contribution >= 0.6 is 0 Å². The Morgan fingerprint density at radius 3 is 2.00 bits per heavy atom. The van der Waals surface area contributed by atoms with Crippen molar-refractivity contribution in [2.75, 3.05) is 4.90 Å². The second-order valence-corrected chi connectivity index (χ2v) is 6.18. The van der Waals surface area contributed by atoms with E-state index >= 15 is 0 Å². The second kappa shape index (κ2) is 6.36. The minimum absolute atomic E-state index is 0.405. The van der Waals surface area contributed by atoms with Crippen molar-refractivity contribution in [2.45, 2.75) is 13.0 Å². The number of ketones is 1. The van der Waals surface area contributed by atoms with Crippen molar-refractivity contribution in [3.05, 3.63) is 101 Å². The third-order valence-corrected chi connectivity index (χ3v) is 4.51. The van der Waals surface area contributed by atoms with Crippen molar-refractivity contribution >= 4 is 17.4 Å². The summed E-state index contributed by atoms with van der Waals surface area (Å²) < 4.78 is 0. The Labute approximate surface area is 146 Å². The van der Waals surface area contributed by atoms with Gasteiger partial charge in [-0.15, -0.1) is 0 Å². The predicted molar refractivity (Wildman–Crippen MR) is 97.7 cm³/mol. The molecule has 0 atom stereocenters. The normalized spacial score (nSPS) is 13.2. The van der Waals surface area contributed by atoms with E-state index in [1.807, 2.05) is 78.9 Å². The van der Waals surface area contributed by atoms with E-state index in [4.69, 9.17) is 0 Å². The molecular formula is C22H17NO2. The Kier molecular flexibility index (Phi) is 3.90. The summed E-state index contributed by atoms with van der Waals surface area (Å²) in [6.45, 7) is 0.410. The van der Waals surface area contributed by atoms with Gasteiger partial charge in [-0.2, -0.15) is 0 Å². The van der Waals surface area contributed by atoms with Gasteiger partial charge in [-0.25, -0.2) is 0 Å². The first kappa shape index (κ1) is 15.3. The number of anilines is 1. The molecule has 1 heterocycles. The molecule has 0 aliphatic carbocycles. The number of hydrogen-bond donors (Lipinski definition) is 0. The van der Waals surface area contributed by atoms with Crippen LogP contribution in [-0.2, 0) is 17.8 Å². The zero-order valence-corrected chi connectivity index (χ0v) is 13.7. The average molecular weight is 327 g/mol. The Morgan fingerprint density at radius 1 is 0.680 bits per heavy atom. The summed E-state index contributed by atoms with van der Waals surface area (Å²) in [6, 6.07) is 25.4. The van der Waals surface area contributed by atoms with Crippen molar-refractivity contribution < 1.29 is 9.59 Å². The summed E-state index contributed by atoms with van der Waals surface area (Å²) in [6.07, 6.45) is 0.641. The first-order valence-corrected chi connectivity index (χ1v) is 8.30. The average Bonchev–Trinajstić information content (AvgIpc) is 2.89. The minimum atomic E-state index is -0.445. The Balaban J connectivity index is 1.71. The van der Waals surface area contributed by atoms with Gasteiger partial charge in [0.2, 0.25) is 0 Å². The van der Waals surface area contributed by atoms with Crippen LogP contribution in [0.1, 0.15) is 27.0 Å². The number of fused-ring (bicyclic) bond motifs is 1. The third-order valence-electron chi connectivity index (χ3n) is 4.51. The highest BCUT2D eigenvalue weighted by molar-refractivity contribution is 6.52. The number of hydrogen-bond acceptors (Lipinski definition) is 2. The quantitative estimate of drug-likeness (QED) is 0.679. The van der Waals surface area contributed by atoms with Crippen molar-refractivity contribution in [3.63, 3.8) is 0 Å². The number of Topliss-reactive ketones (excluding diaryl/α,β-unsaturated/α-hetero) is 1. The Hall–Kier alpha value is -3.20. The van der Waals surface area contributed by atoms with E-state index in [0.29, 0.717) is 24.2 Å². The molecule has 1 aliphatic rings. The van der Waals surface area contributed by atoms with Crippen LogP contribution in [0.3, 0.4) is 0 Å². The molecule has 3 aromatic carbocycles. The predicted octanol–water partition coefficient (Wildman–Crippen LogP) is 4.01. The molecule has 3 heteroatoms. The van der Waals surface area contributed by atoms with Gasteiger partial charge in [0.1, 0.15) is 0 Å². The molecule has 0 N–H and O–H groups in total. The topological polar surface area (TPSA) is 37.4 Å². The molecule has 3 nitrogen and oxygen atoms in total. The molecule has 3 aromatic rings. The van der Waals surface area contributed by atoms with Gasteiger partial charge in [0.15, 0.2) is 0 Å². The molecule has 0 saturated heterocycles. The summed E-state index contributed by atoms with van der Waals surface area (Å²) in [5.41, 5.74) is 4.29. The molecule has 0 saturated carbocycles. The molecule has 4 rings (SSSR count). The van der Waals surface area contributed by atoms with Crippen LogP contribution < -0.4 is 4.90 Å². The highest BCUT2D eigenvalue weighted by Gasteiger charge is 2.37. The van der Waals surface area contributed by atoms with Crippen LogP contribution in [0.25, 0.3) is 0 Å². The maximum absolute atomic E-state index is 12.6. The molecule has 1 amide bonds. The van der Waals surface area contributed by atoms with Crippen molar-refractivity contribution in [3.8, 4) is 0 Å². The van der Waals surface area contributed by atoms with E-state index in [1.54, 1.807) is 4.90 Å². The smallest absolute Gasteiger partial charge is 0.299 e. The lowest BCUT2D eigenvalue weighted by Gasteiger charge is -2.17. The molecular weight excluding hydrogens is 310 g/mol. The highest BCUT2D eigenvalue weighted by Crippen LogP contribution is 2.33. The van der Waals surface area contributed by atoms with Crippen LogP contribution in [0.15, 0.2) is 78.9 Å². The third kappa shape index (κ3) is 2.85. The molecule has 0 aromatic heterocycles. The number of carbonyl (C=O) groups is 2. The van der Waals surface area contributed by atoms with E-state index in [-0.39, 0.29) is 0 Å². The zero-order chi connectivity index (χ0) is 17.2. The minimum Gasteiger partial charge on any atom is -0.300 e. The number of carbonyl (C=O) groups excluding carboxylic acids is 2. The molecule has 0 radical (unpaired) electrons. The lowest BCUT2D eigenvalue weighted by atomic mass is 9.97. The molecule has 0 fully saturated rings. The van der Waals surface area contributed by atoms with Crippen molar-refractivity contribution in [1.29, 1.82) is 0 Å². The number of amides is 1. The summed E-state index contributed by atoms with van der Waals surface area (Å²) >= 11 is 0. The fraction of sp³-hybridized carbons (Fsp3) is 0.0909. The van der Waals surface area contributed by atoms with Crippen LogP contribution in [0, 0.1) is 0 Å². The summed E-state index contributed by atoms with van der Waals surface area (Å²) in [5, 5.41) is 0. The maximum atomic E-state index is 12.6. The van der Waals surface area contributed by atoms with Crippen LogP contribution in [-0.4, -0.2) is 11.7 Å². The molecule has 0 unspecified atom stereocenters. The van der Waals surface area contributed by atoms with E-state index in [1.165, 1.54) is 0 Å². The van der Waals surface area contributed by atoms with E-state index in [9.17, 15) is 9.59 Å². The summed E-state index contributed by atoms with van der Waals surface area (Å²) in [7, 11) is 0. The Morgan fingerprint density at radius 2 is 1.32 bits per heavy atom. The first-order valence-electron chi connectivity index (χ1n) is 8.30. The number of rotatable bonds is 4. The van der Waals surface area contributed by atoms with Gasteiger partial charge in [0.25, 0.3) is 11.7 Å². The van der Waals surface area contributed by atoms with Gasteiger partial charge in [-0.3, -0.25) is 9.59 Å². The summed E-state index contributed by atoms with van der Waals surface area (Å²) in [5.74, 6) is -0.850.